The van der Waals surface area contributed by atoms with E-state index >= 15 is 0 Å². The van der Waals surface area contributed by atoms with Gasteiger partial charge in [0.1, 0.15) is 6.10 Å². The summed E-state index contributed by atoms with van der Waals surface area (Å²) in [7, 11) is -2.78. The average molecular weight is 413 g/mol. The topological polar surface area (TPSA) is 73.9 Å². The van der Waals surface area contributed by atoms with Crippen LogP contribution in [0.15, 0.2) is 24.3 Å². The lowest BCUT2D eigenvalue weighted by atomic mass is 10.1. The fourth-order valence-corrected chi connectivity index (χ4v) is 3.22. The molecule has 1 saturated heterocycles. The largest absolute Gasteiger partial charge is 0.338 e. The van der Waals surface area contributed by atoms with Gasteiger partial charge in [-0.25, -0.2) is 0 Å². The molecular weight excluding hydrogens is 397 g/mol. The molecule has 2 atom stereocenters. The van der Waals surface area contributed by atoms with E-state index in [-0.39, 0.29) is 0 Å². The first-order valence-corrected chi connectivity index (χ1v) is 8.41. The number of halogens is 1. The Morgan fingerprint density at radius 2 is 1.95 bits per heavy atom. The van der Waals surface area contributed by atoms with Crippen molar-refractivity contribution in [2.75, 3.05) is 7.11 Å². The molecule has 8 heteroatoms. The van der Waals surface area contributed by atoms with Gasteiger partial charge in [-0.05, 0) is 48.1 Å². The summed E-state index contributed by atoms with van der Waals surface area (Å²) in [6.45, 7) is 3.47. The van der Waals surface area contributed by atoms with Crippen LogP contribution in [0.4, 0.5) is 0 Å². The molecule has 20 heavy (non-hydrogen) atoms. The summed E-state index contributed by atoms with van der Waals surface area (Å²) in [5.41, 5.74) is 0.863. The maximum absolute atomic E-state index is 11.6. The normalized spacial score (nSPS) is 25.8. The third-order valence-electron chi connectivity index (χ3n) is 2.79. The predicted octanol–water partition coefficient (Wildman–Crippen LogP) is 1.92. The van der Waals surface area contributed by atoms with E-state index < -0.39 is 28.4 Å². The highest BCUT2D eigenvalue weighted by atomic mass is 127. The van der Waals surface area contributed by atoms with Crippen LogP contribution in [0.1, 0.15) is 25.5 Å². The van der Waals surface area contributed by atoms with Crippen LogP contribution in [0.2, 0.25) is 0 Å². The van der Waals surface area contributed by atoms with E-state index in [1.165, 1.54) is 0 Å². The molecule has 1 heterocycles. The Bertz CT molecular complexity index is 589. The van der Waals surface area contributed by atoms with Crippen LogP contribution in [-0.2, 0) is 24.0 Å². The summed E-state index contributed by atoms with van der Waals surface area (Å²) in [4.78, 5) is 0. The van der Waals surface area contributed by atoms with E-state index in [1.54, 1.807) is 13.8 Å². The Balaban J connectivity index is 2.32. The van der Waals surface area contributed by atoms with E-state index in [2.05, 4.69) is 31.5 Å². The quantitative estimate of drug-likeness (QED) is 0.764. The van der Waals surface area contributed by atoms with Crippen LogP contribution in [-0.4, -0.2) is 27.5 Å². The van der Waals surface area contributed by atoms with Crippen LogP contribution >= 0.6 is 22.6 Å². The number of hydrogen-bond donors (Lipinski definition) is 1. The molecule has 0 unspecified atom stereocenters. The molecule has 112 valence electrons. The summed E-state index contributed by atoms with van der Waals surface area (Å²) < 4.78 is 42.2. The molecule has 0 spiro atoms. The van der Waals surface area contributed by atoms with Gasteiger partial charge in [0.15, 0.2) is 12.0 Å². The monoisotopic (exact) mass is 413 g/mol. The van der Waals surface area contributed by atoms with Crippen LogP contribution in [0.25, 0.3) is 0 Å². The lowest BCUT2D eigenvalue weighted by Gasteiger charge is -2.18. The lowest BCUT2D eigenvalue weighted by molar-refractivity contribution is -0.147. The Morgan fingerprint density at radius 1 is 1.30 bits per heavy atom. The molecule has 0 radical (unpaired) electrons. The average Bonchev–Trinajstić information content (AvgIpc) is 2.64. The minimum Gasteiger partial charge on any atom is -0.338 e. The molecule has 1 aliphatic heterocycles. The zero-order valence-electron chi connectivity index (χ0n) is 11.3. The van der Waals surface area contributed by atoms with Crippen LogP contribution in [0.5, 0.6) is 0 Å². The number of rotatable bonds is 4. The van der Waals surface area contributed by atoms with Crippen LogP contribution < -0.4 is 4.72 Å². The smallest absolute Gasteiger partial charge is 0.337 e. The number of hydrogen-bond acceptors (Lipinski definition) is 5. The van der Waals surface area contributed by atoms with Gasteiger partial charge in [-0.15, -0.1) is 0 Å². The van der Waals surface area contributed by atoms with Gasteiger partial charge in [0.25, 0.3) is 0 Å². The number of ether oxygens (including phenoxy) is 2. The molecule has 1 aromatic carbocycles. The molecule has 1 fully saturated rings. The number of nitrogens with one attached hydrogen (secondary N) is 1. The highest BCUT2D eigenvalue weighted by Gasteiger charge is 2.44. The molecule has 0 bridgehead atoms. The molecule has 2 rings (SSSR count). The van der Waals surface area contributed by atoms with Crippen molar-refractivity contribution in [3.05, 3.63) is 33.4 Å². The van der Waals surface area contributed by atoms with Gasteiger partial charge in [-0.3, -0.25) is 4.18 Å². The zero-order chi connectivity index (χ0) is 15.0. The minimum atomic E-state index is -3.86. The third kappa shape index (κ3) is 3.68. The predicted molar refractivity (Wildman–Crippen MR) is 81.0 cm³/mol. The van der Waals surface area contributed by atoms with Gasteiger partial charge in [0.2, 0.25) is 0 Å². The Morgan fingerprint density at radius 3 is 2.55 bits per heavy atom. The van der Waals surface area contributed by atoms with E-state index in [4.69, 9.17) is 9.47 Å². The van der Waals surface area contributed by atoms with Crippen molar-refractivity contribution in [3.63, 3.8) is 0 Å². The lowest BCUT2D eigenvalue weighted by Crippen LogP contribution is -2.39. The second kappa shape index (κ2) is 5.85. The van der Waals surface area contributed by atoms with E-state index in [9.17, 15) is 8.42 Å². The van der Waals surface area contributed by atoms with Gasteiger partial charge in [0, 0.05) is 3.57 Å². The Hall–Kier alpha value is -0.260. The third-order valence-corrected chi connectivity index (χ3v) is 4.73. The summed E-state index contributed by atoms with van der Waals surface area (Å²) in [5, 5.41) is 0. The standard InChI is InChI=1S/C12H16INO5S/c1-12(2)18-10(8-6-4-5-7-9(8)13)11(19-12)14-20(15,16)17-3/h4-7,10-11,14H,1-3H3/t10-,11-/m1/s1. The summed E-state index contributed by atoms with van der Waals surface area (Å²) in [6, 6.07) is 7.58. The molecular formula is C12H16INO5S. The highest BCUT2D eigenvalue weighted by Crippen LogP contribution is 2.38. The molecule has 0 saturated carbocycles. The van der Waals surface area contributed by atoms with Gasteiger partial charge in [-0.1, -0.05) is 18.2 Å². The molecule has 0 amide bonds. The van der Waals surface area contributed by atoms with Crippen LogP contribution in [0, 0.1) is 3.57 Å². The maximum atomic E-state index is 11.6. The summed E-state index contributed by atoms with van der Waals surface area (Å²) in [6.07, 6.45) is -1.38. The minimum absolute atomic E-state index is 0.539. The molecule has 1 aliphatic rings. The van der Waals surface area contributed by atoms with Crippen molar-refractivity contribution in [2.45, 2.75) is 32.0 Å². The highest BCUT2D eigenvalue weighted by molar-refractivity contribution is 14.1. The van der Waals surface area contributed by atoms with Crippen LogP contribution in [0.3, 0.4) is 0 Å². The van der Waals surface area contributed by atoms with Crippen molar-refractivity contribution in [1.82, 2.24) is 4.72 Å². The van der Waals surface area contributed by atoms with E-state index in [1.807, 2.05) is 24.3 Å². The van der Waals surface area contributed by atoms with Crippen molar-refractivity contribution >= 4 is 32.9 Å². The first-order chi connectivity index (χ1) is 9.24. The SMILES string of the molecule is COS(=O)(=O)N[C@@H]1OC(C)(C)O[C@@H]1c1ccccc1I. The first-order valence-electron chi connectivity index (χ1n) is 5.92. The van der Waals surface area contributed by atoms with Crippen molar-refractivity contribution in [2.24, 2.45) is 0 Å². The summed E-state index contributed by atoms with van der Waals surface area (Å²) in [5.74, 6) is -0.884. The number of benzene rings is 1. The molecule has 0 aromatic heterocycles. The first kappa shape index (κ1) is 16.1. The molecule has 1 N–H and O–H groups in total. The molecule has 1 aromatic rings. The molecule has 0 aliphatic carbocycles. The fraction of sp³-hybridized carbons (Fsp3) is 0.500. The van der Waals surface area contributed by atoms with Gasteiger partial charge >= 0.3 is 10.3 Å². The van der Waals surface area contributed by atoms with Gasteiger partial charge < -0.3 is 9.47 Å². The van der Waals surface area contributed by atoms with Crippen molar-refractivity contribution in [1.29, 1.82) is 0 Å². The fourth-order valence-electron chi connectivity index (χ4n) is 1.97. The van der Waals surface area contributed by atoms with Gasteiger partial charge in [0.05, 0.1) is 7.11 Å². The van der Waals surface area contributed by atoms with E-state index in [0.29, 0.717) is 0 Å². The van der Waals surface area contributed by atoms with Gasteiger partial charge in [-0.2, -0.15) is 13.1 Å². The Kier molecular flexibility index (Phi) is 4.72. The zero-order valence-corrected chi connectivity index (χ0v) is 14.3. The summed E-state index contributed by atoms with van der Waals surface area (Å²) >= 11 is 2.17. The second-order valence-electron chi connectivity index (χ2n) is 4.74. The Labute approximate surface area is 132 Å². The maximum Gasteiger partial charge on any atom is 0.337 e. The van der Waals surface area contributed by atoms with E-state index in [0.717, 1.165) is 16.2 Å². The van der Waals surface area contributed by atoms with Crippen molar-refractivity contribution in [3.8, 4) is 0 Å². The van der Waals surface area contributed by atoms with Crippen molar-refractivity contribution < 1.29 is 22.1 Å². The molecule has 6 nitrogen and oxygen atoms in total. The second-order valence-corrected chi connectivity index (χ2v) is 7.38.